The molecular weight excluding hydrogens is 278 g/mol. The molecule has 21 heavy (non-hydrogen) atoms. The van der Waals surface area contributed by atoms with E-state index < -0.39 is 23.7 Å². The number of esters is 1. The van der Waals surface area contributed by atoms with Crippen molar-refractivity contribution in [2.45, 2.75) is 44.8 Å². The number of nitrogens with zero attached hydrogens (tertiary/aromatic N) is 4. The van der Waals surface area contributed by atoms with Crippen LogP contribution in [0.25, 0.3) is 0 Å². The van der Waals surface area contributed by atoms with Gasteiger partial charge in [-0.1, -0.05) is 5.21 Å². The number of methoxy groups -OCH3 is 1. The Morgan fingerprint density at radius 1 is 1.38 bits per heavy atom. The van der Waals surface area contributed by atoms with E-state index in [4.69, 9.17) is 9.47 Å². The number of tetrazole rings is 1. The van der Waals surface area contributed by atoms with Gasteiger partial charge in [-0.15, -0.1) is 10.2 Å². The number of nitrogens with one attached hydrogen (secondary N) is 1. The second-order valence-electron chi connectivity index (χ2n) is 5.87. The molecule has 0 saturated carbocycles. The third-order valence-corrected chi connectivity index (χ3v) is 3.13. The second kappa shape index (κ2) is 5.66. The predicted octanol–water partition coefficient (Wildman–Crippen LogP) is 0.466. The van der Waals surface area contributed by atoms with Crippen molar-refractivity contribution in [3.8, 4) is 0 Å². The highest BCUT2D eigenvalue weighted by atomic mass is 16.6. The first-order valence-electron chi connectivity index (χ1n) is 6.62. The maximum Gasteiger partial charge on any atom is 0.411 e. The molecule has 1 aliphatic rings. The van der Waals surface area contributed by atoms with E-state index >= 15 is 0 Å². The minimum Gasteiger partial charge on any atom is -0.467 e. The highest BCUT2D eigenvalue weighted by molar-refractivity contribution is 5.82. The molecule has 0 spiro atoms. The number of rotatable bonds is 2. The van der Waals surface area contributed by atoms with Crippen molar-refractivity contribution >= 4 is 12.1 Å². The van der Waals surface area contributed by atoms with Crippen LogP contribution in [0.4, 0.5) is 4.79 Å². The van der Waals surface area contributed by atoms with Gasteiger partial charge in [-0.05, 0) is 27.2 Å². The Balaban J connectivity index is 2.16. The summed E-state index contributed by atoms with van der Waals surface area (Å²) in [4.78, 5) is 25.5. The molecule has 9 nitrogen and oxygen atoms in total. The smallest absolute Gasteiger partial charge is 0.411 e. The molecule has 1 fully saturated rings. The van der Waals surface area contributed by atoms with E-state index in [9.17, 15) is 9.59 Å². The van der Waals surface area contributed by atoms with E-state index in [2.05, 4.69) is 20.6 Å². The van der Waals surface area contributed by atoms with E-state index in [0.717, 1.165) is 0 Å². The number of hydrogen-bond acceptors (Lipinski definition) is 7. The van der Waals surface area contributed by atoms with E-state index in [1.807, 2.05) is 0 Å². The highest BCUT2D eigenvalue weighted by Crippen LogP contribution is 2.31. The number of carbonyl (C=O) groups excluding carboxylic acids is 2. The number of ether oxygens (including phenoxy) is 2. The van der Waals surface area contributed by atoms with Gasteiger partial charge in [0.15, 0.2) is 5.82 Å². The highest BCUT2D eigenvalue weighted by Gasteiger charge is 2.43. The summed E-state index contributed by atoms with van der Waals surface area (Å²) >= 11 is 0. The largest absolute Gasteiger partial charge is 0.467 e. The fraction of sp³-hybridized carbons (Fsp3) is 0.750. The average Bonchev–Trinajstić information content (AvgIpc) is 3.04. The standard InChI is InChI=1S/C12H19N5O4/c1-12(2,3)21-11(19)17-6-7(9-13-15-16-14-9)5-8(17)10(18)20-4/h7-8H,5-6H2,1-4H3,(H,13,14,15,16)/t7-,8-/m1/s1. The average molecular weight is 297 g/mol. The number of likely N-dealkylation sites (tertiary alicyclic amines) is 1. The van der Waals surface area contributed by atoms with Crippen molar-refractivity contribution < 1.29 is 19.1 Å². The summed E-state index contributed by atoms with van der Waals surface area (Å²) in [5.41, 5.74) is -0.637. The topological polar surface area (TPSA) is 110 Å². The van der Waals surface area contributed by atoms with Gasteiger partial charge < -0.3 is 9.47 Å². The van der Waals surface area contributed by atoms with Crippen molar-refractivity contribution in [1.29, 1.82) is 0 Å². The van der Waals surface area contributed by atoms with E-state index in [0.29, 0.717) is 12.2 Å². The zero-order valence-corrected chi connectivity index (χ0v) is 12.5. The van der Waals surface area contributed by atoms with Crippen LogP contribution in [-0.4, -0.2) is 62.9 Å². The Morgan fingerprint density at radius 3 is 2.62 bits per heavy atom. The molecular formula is C12H19N5O4. The van der Waals surface area contributed by atoms with Crippen LogP contribution in [0, 0.1) is 0 Å². The fourth-order valence-corrected chi connectivity index (χ4v) is 2.25. The lowest BCUT2D eigenvalue weighted by Gasteiger charge is -2.27. The van der Waals surface area contributed by atoms with Crippen LogP contribution in [0.3, 0.4) is 0 Å². The van der Waals surface area contributed by atoms with E-state index in [1.165, 1.54) is 12.0 Å². The van der Waals surface area contributed by atoms with Gasteiger partial charge >= 0.3 is 12.1 Å². The molecule has 2 atom stereocenters. The Bertz CT molecular complexity index is 510. The normalized spacial score (nSPS) is 22.2. The minimum atomic E-state index is -0.701. The lowest BCUT2D eigenvalue weighted by Crippen LogP contribution is -2.43. The Kier molecular flexibility index (Phi) is 4.10. The summed E-state index contributed by atoms with van der Waals surface area (Å²) in [5.74, 6) is -0.192. The van der Waals surface area contributed by atoms with Crippen molar-refractivity contribution in [2.75, 3.05) is 13.7 Å². The first-order chi connectivity index (χ1) is 9.81. The number of aromatic nitrogens is 4. The first-order valence-corrected chi connectivity index (χ1v) is 6.62. The van der Waals surface area contributed by atoms with Gasteiger partial charge in [0, 0.05) is 12.5 Å². The first kappa shape index (κ1) is 15.2. The molecule has 0 unspecified atom stereocenters. The molecule has 0 radical (unpaired) electrons. The monoisotopic (exact) mass is 297 g/mol. The van der Waals surface area contributed by atoms with E-state index in [1.54, 1.807) is 20.8 Å². The third kappa shape index (κ3) is 3.47. The summed E-state index contributed by atoms with van der Waals surface area (Å²) in [6.07, 6.45) is -0.172. The molecule has 2 heterocycles. The number of H-pyrrole nitrogens is 1. The lowest BCUT2D eigenvalue weighted by atomic mass is 10.1. The lowest BCUT2D eigenvalue weighted by molar-refractivity contribution is -0.145. The number of hydrogen-bond donors (Lipinski definition) is 1. The summed E-state index contributed by atoms with van der Waals surface area (Å²) in [6.45, 7) is 5.59. The number of amides is 1. The Hall–Kier alpha value is -2.19. The molecule has 1 N–H and O–H groups in total. The van der Waals surface area contributed by atoms with Gasteiger partial charge in [-0.2, -0.15) is 5.21 Å². The van der Waals surface area contributed by atoms with Crippen LogP contribution in [0.2, 0.25) is 0 Å². The summed E-state index contributed by atoms with van der Waals surface area (Å²) in [5, 5.41) is 13.7. The number of carbonyl (C=O) groups is 2. The molecule has 0 aromatic carbocycles. The Labute approximate surface area is 122 Å². The minimum absolute atomic E-state index is 0.180. The quantitative estimate of drug-likeness (QED) is 0.790. The number of aromatic amines is 1. The molecule has 1 aromatic heterocycles. The summed E-state index contributed by atoms with van der Waals surface area (Å²) < 4.78 is 10.1. The van der Waals surface area contributed by atoms with Crippen molar-refractivity contribution in [3.63, 3.8) is 0 Å². The van der Waals surface area contributed by atoms with Gasteiger partial charge in [0.05, 0.1) is 7.11 Å². The molecule has 0 bridgehead atoms. The van der Waals surface area contributed by atoms with Gasteiger partial charge in [0.1, 0.15) is 11.6 Å². The molecule has 2 rings (SSSR count). The van der Waals surface area contributed by atoms with Gasteiger partial charge in [0.2, 0.25) is 0 Å². The molecule has 0 aliphatic carbocycles. The van der Waals surface area contributed by atoms with Crippen LogP contribution in [0.1, 0.15) is 38.9 Å². The molecule has 116 valence electrons. The van der Waals surface area contributed by atoms with Gasteiger partial charge in [0.25, 0.3) is 0 Å². The zero-order chi connectivity index (χ0) is 15.6. The zero-order valence-electron chi connectivity index (χ0n) is 12.5. The Morgan fingerprint density at radius 2 is 2.10 bits per heavy atom. The fourth-order valence-electron chi connectivity index (χ4n) is 2.25. The van der Waals surface area contributed by atoms with Gasteiger partial charge in [-0.25, -0.2) is 9.59 Å². The van der Waals surface area contributed by atoms with Crippen LogP contribution >= 0.6 is 0 Å². The maximum absolute atomic E-state index is 12.2. The summed E-state index contributed by atoms with van der Waals surface area (Å²) in [7, 11) is 1.29. The van der Waals surface area contributed by atoms with Crippen molar-refractivity contribution in [1.82, 2.24) is 25.5 Å². The van der Waals surface area contributed by atoms with Crippen molar-refractivity contribution in [3.05, 3.63) is 5.82 Å². The molecule has 1 amide bonds. The van der Waals surface area contributed by atoms with Crippen LogP contribution in [0.5, 0.6) is 0 Å². The van der Waals surface area contributed by atoms with Crippen molar-refractivity contribution in [2.24, 2.45) is 0 Å². The summed E-state index contributed by atoms with van der Waals surface area (Å²) in [6, 6.07) is -0.701. The molecule has 1 aromatic rings. The maximum atomic E-state index is 12.2. The van der Waals surface area contributed by atoms with Crippen LogP contribution in [0.15, 0.2) is 0 Å². The van der Waals surface area contributed by atoms with Gasteiger partial charge in [-0.3, -0.25) is 4.90 Å². The van der Waals surface area contributed by atoms with E-state index in [-0.39, 0.29) is 12.5 Å². The molecule has 1 aliphatic heterocycles. The second-order valence-corrected chi connectivity index (χ2v) is 5.87. The third-order valence-electron chi connectivity index (χ3n) is 3.13. The molecule has 9 heteroatoms. The SMILES string of the molecule is COC(=O)[C@H]1C[C@@H](c2nn[nH]n2)CN1C(=O)OC(C)(C)C. The predicted molar refractivity (Wildman–Crippen MR) is 70.3 cm³/mol. The van der Waals surface area contributed by atoms with Crippen LogP contribution < -0.4 is 0 Å². The van der Waals surface area contributed by atoms with Crippen LogP contribution in [-0.2, 0) is 14.3 Å². The molecule has 1 saturated heterocycles.